The molecule has 1 fully saturated rings. The number of Topliss-reactive ketones (excluding diaryl/α,β-unsaturated/α-hetero) is 1. The highest BCUT2D eigenvalue weighted by atomic mass is 16.5. The van der Waals surface area contributed by atoms with Crippen LogP contribution in [0.3, 0.4) is 0 Å². The standard InChI is InChI=1S/C23H22O4/c1-13(24)27-22-16-8-4-3-7-15(16)21-17(22)12-20(26)23(21)18-9-5-2-6-14(18)10-11-19(23)25/h2-9,17,20-22,26H,10-12H2,1H3/t17-,20+,21-,22-,23+/m0/s1. The Labute approximate surface area is 158 Å². The third-order valence-electron chi connectivity index (χ3n) is 6.80. The Kier molecular flexibility index (Phi) is 3.57. The summed E-state index contributed by atoms with van der Waals surface area (Å²) in [7, 11) is 0. The number of aryl methyl sites for hydroxylation is 1. The summed E-state index contributed by atoms with van der Waals surface area (Å²) < 4.78 is 5.70. The molecule has 5 rings (SSSR count). The average molecular weight is 362 g/mol. The summed E-state index contributed by atoms with van der Waals surface area (Å²) in [5.41, 5.74) is 3.18. The lowest BCUT2D eigenvalue weighted by Gasteiger charge is -2.41. The predicted molar refractivity (Wildman–Crippen MR) is 99.3 cm³/mol. The molecule has 2 aromatic carbocycles. The molecule has 1 spiro atoms. The zero-order chi connectivity index (χ0) is 18.8. The minimum Gasteiger partial charge on any atom is -0.457 e. The number of rotatable bonds is 1. The normalized spacial score (nSPS) is 33.5. The number of aliphatic hydroxyl groups is 1. The van der Waals surface area contributed by atoms with Crippen molar-refractivity contribution < 1.29 is 19.4 Å². The second-order valence-electron chi connectivity index (χ2n) is 8.00. The first kappa shape index (κ1) is 16.7. The van der Waals surface area contributed by atoms with Crippen molar-refractivity contribution in [2.45, 2.75) is 49.7 Å². The largest absolute Gasteiger partial charge is 0.457 e. The number of fused-ring (bicyclic) bond motifs is 6. The summed E-state index contributed by atoms with van der Waals surface area (Å²) >= 11 is 0. The predicted octanol–water partition coefficient (Wildman–Crippen LogP) is 3.22. The Morgan fingerprint density at radius 1 is 1.07 bits per heavy atom. The number of aliphatic hydroxyl groups excluding tert-OH is 1. The molecule has 27 heavy (non-hydrogen) atoms. The monoisotopic (exact) mass is 362 g/mol. The number of carbonyl (C=O) groups is 2. The van der Waals surface area contributed by atoms with Crippen LogP contribution in [0.1, 0.15) is 54.0 Å². The van der Waals surface area contributed by atoms with Gasteiger partial charge >= 0.3 is 5.97 Å². The van der Waals surface area contributed by atoms with Crippen LogP contribution in [-0.4, -0.2) is 23.0 Å². The molecule has 0 amide bonds. The molecule has 5 atom stereocenters. The van der Waals surface area contributed by atoms with E-state index in [0.717, 1.165) is 28.7 Å². The molecule has 1 saturated carbocycles. The van der Waals surface area contributed by atoms with Gasteiger partial charge < -0.3 is 9.84 Å². The van der Waals surface area contributed by atoms with E-state index in [1.165, 1.54) is 6.92 Å². The summed E-state index contributed by atoms with van der Waals surface area (Å²) in [6.45, 7) is 1.41. The number of carbonyl (C=O) groups excluding carboxylic acids is 2. The SMILES string of the molecule is CC(=O)O[C@H]1c2ccccc2[C@H]2[C@@H]1C[C@@H](O)[C@@]21C(=O)CCc2ccccc21. The van der Waals surface area contributed by atoms with Crippen LogP contribution in [0, 0.1) is 5.92 Å². The van der Waals surface area contributed by atoms with E-state index in [4.69, 9.17) is 4.74 Å². The molecule has 0 aliphatic heterocycles. The topological polar surface area (TPSA) is 63.6 Å². The van der Waals surface area contributed by atoms with E-state index < -0.39 is 17.6 Å². The maximum atomic E-state index is 13.4. The third kappa shape index (κ3) is 2.08. The van der Waals surface area contributed by atoms with Gasteiger partial charge in [-0.2, -0.15) is 0 Å². The van der Waals surface area contributed by atoms with Gasteiger partial charge in [-0.1, -0.05) is 48.5 Å². The van der Waals surface area contributed by atoms with Crippen LogP contribution in [-0.2, 0) is 26.2 Å². The number of ketones is 1. The van der Waals surface area contributed by atoms with Crippen molar-refractivity contribution in [2.24, 2.45) is 5.92 Å². The Bertz CT molecular complexity index is 949. The first-order valence-corrected chi connectivity index (χ1v) is 9.61. The van der Waals surface area contributed by atoms with Crippen LogP contribution in [0.25, 0.3) is 0 Å². The molecule has 0 unspecified atom stereocenters. The van der Waals surface area contributed by atoms with E-state index in [-0.39, 0.29) is 23.6 Å². The molecule has 3 aliphatic carbocycles. The second kappa shape index (κ2) is 5.77. The van der Waals surface area contributed by atoms with Crippen molar-refractivity contribution in [1.29, 1.82) is 0 Å². The Balaban J connectivity index is 1.75. The molecule has 1 N–H and O–H groups in total. The molecular weight excluding hydrogens is 340 g/mol. The molecule has 138 valence electrons. The van der Waals surface area contributed by atoms with Crippen molar-refractivity contribution in [2.75, 3.05) is 0 Å². The van der Waals surface area contributed by atoms with Crippen molar-refractivity contribution >= 4 is 11.8 Å². The molecule has 3 aliphatic rings. The van der Waals surface area contributed by atoms with Gasteiger partial charge in [-0.3, -0.25) is 9.59 Å². The molecule has 0 aromatic heterocycles. The average Bonchev–Trinajstić information content (AvgIpc) is 3.12. The van der Waals surface area contributed by atoms with E-state index in [1.807, 2.05) is 42.5 Å². The van der Waals surface area contributed by atoms with Gasteiger partial charge in [0.25, 0.3) is 0 Å². The maximum Gasteiger partial charge on any atom is 0.303 e. The van der Waals surface area contributed by atoms with Gasteiger partial charge in [-0.05, 0) is 35.1 Å². The lowest BCUT2D eigenvalue weighted by molar-refractivity contribution is -0.149. The first-order valence-electron chi connectivity index (χ1n) is 9.61. The van der Waals surface area contributed by atoms with Gasteiger partial charge in [0.15, 0.2) is 0 Å². The number of esters is 1. The third-order valence-corrected chi connectivity index (χ3v) is 6.80. The number of ether oxygens (including phenoxy) is 1. The molecular formula is C23H22O4. The fourth-order valence-electron chi connectivity index (χ4n) is 5.97. The molecule has 4 heteroatoms. The van der Waals surface area contributed by atoms with Crippen LogP contribution in [0.2, 0.25) is 0 Å². The summed E-state index contributed by atoms with van der Waals surface area (Å²) in [6.07, 6.45) is 0.442. The van der Waals surface area contributed by atoms with Gasteiger partial charge in [0.05, 0.1) is 11.5 Å². The van der Waals surface area contributed by atoms with Gasteiger partial charge in [0, 0.05) is 25.2 Å². The van der Waals surface area contributed by atoms with Crippen LogP contribution in [0.4, 0.5) is 0 Å². The fraction of sp³-hybridized carbons (Fsp3) is 0.391. The highest BCUT2D eigenvalue weighted by Crippen LogP contribution is 2.65. The van der Waals surface area contributed by atoms with Gasteiger partial charge in [-0.15, -0.1) is 0 Å². The van der Waals surface area contributed by atoms with Gasteiger partial charge in [0.2, 0.25) is 0 Å². The van der Waals surface area contributed by atoms with Crippen molar-refractivity contribution in [1.82, 2.24) is 0 Å². The number of hydrogen-bond acceptors (Lipinski definition) is 4. The Hall–Kier alpha value is -2.46. The van der Waals surface area contributed by atoms with E-state index in [1.54, 1.807) is 0 Å². The smallest absolute Gasteiger partial charge is 0.303 e. The highest BCUT2D eigenvalue weighted by molar-refractivity contribution is 5.95. The Morgan fingerprint density at radius 3 is 2.56 bits per heavy atom. The van der Waals surface area contributed by atoms with Crippen LogP contribution in [0.5, 0.6) is 0 Å². The molecule has 0 radical (unpaired) electrons. The second-order valence-corrected chi connectivity index (χ2v) is 8.00. The van der Waals surface area contributed by atoms with Crippen LogP contribution >= 0.6 is 0 Å². The fourth-order valence-corrected chi connectivity index (χ4v) is 5.97. The van der Waals surface area contributed by atoms with E-state index in [9.17, 15) is 14.7 Å². The molecule has 0 saturated heterocycles. The van der Waals surface area contributed by atoms with Crippen molar-refractivity contribution in [3.05, 3.63) is 70.8 Å². The van der Waals surface area contributed by atoms with Crippen LogP contribution in [0.15, 0.2) is 48.5 Å². The van der Waals surface area contributed by atoms with E-state index >= 15 is 0 Å². The first-order chi connectivity index (χ1) is 13.0. The highest BCUT2D eigenvalue weighted by Gasteiger charge is 2.66. The minimum absolute atomic E-state index is 0.0867. The molecule has 0 bridgehead atoms. The van der Waals surface area contributed by atoms with Crippen LogP contribution < -0.4 is 0 Å². The van der Waals surface area contributed by atoms with Crippen molar-refractivity contribution in [3.63, 3.8) is 0 Å². The molecule has 4 nitrogen and oxygen atoms in total. The Morgan fingerprint density at radius 2 is 1.78 bits per heavy atom. The lowest BCUT2D eigenvalue weighted by atomic mass is 9.60. The lowest BCUT2D eigenvalue weighted by Crippen LogP contribution is -2.49. The molecule has 2 aromatic rings. The number of hydrogen-bond donors (Lipinski definition) is 1. The maximum absolute atomic E-state index is 13.4. The van der Waals surface area contributed by atoms with Crippen molar-refractivity contribution in [3.8, 4) is 0 Å². The quantitative estimate of drug-likeness (QED) is 0.791. The summed E-state index contributed by atoms with van der Waals surface area (Å²) in [5, 5.41) is 11.2. The summed E-state index contributed by atoms with van der Waals surface area (Å²) in [4.78, 5) is 25.2. The zero-order valence-corrected chi connectivity index (χ0v) is 15.2. The van der Waals surface area contributed by atoms with E-state index in [0.29, 0.717) is 12.8 Å². The number of benzene rings is 2. The summed E-state index contributed by atoms with van der Waals surface area (Å²) in [6, 6.07) is 15.9. The molecule has 0 heterocycles. The zero-order valence-electron chi connectivity index (χ0n) is 15.2. The van der Waals surface area contributed by atoms with E-state index in [2.05, 4.69) is 6.07 Å². The van der Waals surface area contributed by atoms with Gasteiger partial charge in [0.1, 0.15) is 11.9 Å². The minimum atomic E-state index is -0.940. The van der Waals surface area contributed by atoms with Gasteiger partial charge in [-0.25, -0.2) is 0 Å². The summed E-state index contributed by atoms with van der Waals surface area (Å²) in [5.74, 6) is -0.473.